The van der Waals surface area contributed by atoms with Gasteiger partial charge in [0, 0.05) is 29.6 Å². The van der Waals surface area contributed by atoms with Crippen molar-refractivity contribution in [3.63, 3.8) is 0 Å². The molecule has 9 nitrogen and oxygen atoms in total. The molecule has 0 aliphatic heterocycles. The minimum atomic E-state index is -0.375. The highest BCUT2D eigenvalue weighted by Crippen LogP contribution is 2.26. The predicted octanol–water partition coefficient (Wildman–Crippen LogP) is 3.14. The molecule has 0 spiro atoms. The molecule has 1 amide bonds. The Morgan fingerprint density at radius 1 is 1.27 bits per heavy atom. The molecule has 30 heavy (non-hydrogen) atoms. The van der Waals surface area contributed by atoms with Gasteiger partial charge >= 0.3 is 0 Å². The Labute approximate surface area is 174 Å². The molecule has 1 unspecified atom stereocenters. The van der Waals surface area contributed by atoms with E-state index >= 15 is 0 Å². The second-order valence-corrected chi connectivity index (χ2v) is 6.74. The molecule has 1 atom stereocenters. The van der Waals surface area contributed by atoms with Crippen LogP contribution in [0.15, 0.2) is 35.0 Å². The SMILES string of the molecule is CCC(CC#N)NC(=O)c1ccc(OCc2c(-c3ccc(C)nc3)noc2C)nn1. The third-order valence-corrected chi connectivity index (χ3v) is 4.57. The summed E-state index contributed by atoms with van der Waals surface area (Å²) in [5, 5.41) is 23.5. The average Bonchev–Trinajstić information content (AvgIpc) is 3.13. The van der Waals surface area contributed by atoms with E-state index in [9.17, 15) is 4.79 Å². The van der Waals surface area contributed by atoms with Gasteiger partial charge in [-0.1, -0.05) is 12.1 Å². The molecule has 0 aromatic carbocycles. The monoisotopic (exact) mass is 406 g/mol. The number of hydrogen-bond donors (Lipinski definition) is 1. The zero-order chi connectivity index (χ0) is 21.5. The minimum Gasteiger partial charge on any atom is -0.472 e. The first-order valence-electron chi connectivity index (χ1n) is 9.54. The normalized spacial score (nSPS) is 11.5. The molecule has 3 heterocycles. The van der Waals surface area contributed by atoms with Crippen molar-refractivity contribution in [2.75, 3.05) is 0 Å². The van der Waals surface area contributed by atoms with Gasteiger partial charge in [0.1, 0.15) is 18.1 Å². The van der Waals surface area contributed by atoms with Crippen LogP contribution in [0.25, 0.3) is 11.3 Å². The topological polar surface area (TPSA) is 127 Å². The minimum absolute atomic E-state index is 0.159. The van der Waals surface area contributed by atoms with Gasteiger partial charge < -0.3 is 14.6 Å². The maximum absolute atomic E-state index is 12.2. The predicted molar refractivity (Wildman–Crippen MR) is 107 cm³/mol. The molecule has 1 N–H and O–H groups in total. The Morgan fingerprint density at radius 2 is 2.10 bits per heavy atom. The number of hydrogen-bond acceptors (Lipinski definition) is 8. The fourth-order valence-electron chi connectivity index (χ4n) is 2.73. The highest BCUT2D eigenvalue weighted by Gasteiger charge is 2.17. The van der Waals surface area contributed by atoms with Crippen molar-refractivity contribution in [3.8, 4) is 23.2 Å². The van der Waals surface area contributed by atoms with Crippen molar-refractivity contribution in [2.45, 2.75) is 46.3 Å². The molecule has 0 aliphatic carbocycles. The Balaban J connectivity index is 1.66. The molecular weight excluding hydrogens is 384 g/mol. The van der Waals surface area contributed by atoms with E-state index in [1.165, 1.54) is 6.07 Å². The summed E-state index contributed by atoms with van der Waals surface area (Å²) in [7, 11) is 0. The Bertz CT molecular complexity index is 1040. The first-order chi connectivity index (χ1) is 14.5. The van der Waals surface area contributed by atoms with Crippen molar-refractivity contribution in [3.05, 3.63) is 53.2 Å². The largest absolute Gasteiger partial charge is 0.472 e. The van der Waals surface area contributed by atoms with Crippen LogP contribution in [0.2, 0.25) is 0 Å². The van der Waals surface area contributed by atoms with E-state index in [1.54, 1.807) is 19.2 Å². The summed E-state index contributed by atoms with van der Waals surface area (Å²) in [6, 6.07) is 8.76. The van der Waals surface area contributed by atoms with E-state index in [1.807, 2.05) is 26.0 Å². The highest BCUT2D eigenvalue weighted by molar-refractivity contribution is 5.92. The number of amides is 1. The number of ether oxygens (including phenoxy) is 1. The highest BCUT2D eigenvalue weighted by atomic mass is 16.5. The summed E-state index contributed by atoms with van der Waals surface area (Å²) in [6.07, 6.45) is 2.64. The van der Waals surface area contributed by atoms with E-state index in [0.29, 0.717) is 17.9 Å². The summed E-state index contributed by atoms with van der Waals surface area (Å²) in [4.78, 5) is 16.5. The molecule has 0 saturated carbocycles. The summed E-state index contributed by atoms with van der Waals surface area (Å²) in [5.74, 6) is 0.530. The Morgan fingerprint density at radius 3 is 2.73 bits per heavy atom. The molecular formula is C21H22N6O3. The lowest BCUT2D eigenvalue weighted by Crippen LogP contribution is -2.34. The van der Waals surface area contributed by atoms with Crippen LogP contribution >= 0.6 is 0 Å². The summed E-state index contributed by atoms with van der Waals surface area (Å²) in [5.41, 5.74) is 3.34. The van der Waals surface area contributed by atoms with Gasteiger partial charge in [0.25, 0.3) is 5.91 Å². The molecule has 3 aromatic heterocycles. The van der Waals surface area contributed by atoms with Crippen molar-refractivity contribution >= 4 is 5.91 Å². The number of nitriles is 1. The van der Waals surface area contributed by atoms with Crippen LogP contribution in [-0.4, -0.2) is 32.3 Å². The molecule has 3 rings (SSSR count). The van der Waals surface area contributed by atoms with E-state index in [-0.39, 0.29) is 36.6 Å². The number of nitrogens with zero attached hydrogens (tertiary/aromatic N) is 5. The maximum Gasteiger partial charge on any atom is 0.272 e. The van der Waals surface area contributed by atoms with Crippen LogP contribution < -0.4 is 10.1 Å². The zero-order valence-corrected chi connectivity index (χ0v) is 17.0. The fraction of sp³-hybridized carbons (Fsp3) is 0.333. The fourth-order valence-corrected chi connectivity index (χ4v) is 2.73. The number of rotatable bonds is 8. The molecule has 0 bridgehead atoms. The molecule has 0 aliphatic rings. The van der Waals surface area contributed by atoms with Gasteiger partial charge in [0.15, 0.2) is 5.69 Å². The van der Waals surface area contributed by atoms with Crippen LogP contribution in [0, 0.1) is 25.2 Å². The van der Waals surface area contributed by atoms with E-state index in [0.717, 1.165) is 16.8 Å². The van der Waals surface area contributed by atoms with Crippen LogP contribution in [0.5, 0.6) is 5.88 Å². The molecule has 0 radical (unpaired) electrons. The standard InChI is InChI=1S/C21H22N6O3/c1-4-16(9-10-22)24-21(28)18-7-8-19(26-25-18)29-12-17-14(3)30-27-20(17)15-6-5-13(2)23-11-15/h5-8,11,16H,4,9,12H2,1-3H3,(H,24,28). The zero-order valence-electron chi connectivity index (χ0n) is 17.0. The van der Waals surface area contributed by atoms with Crippen molar-refractivity contribution in [1.82, 2.24) is 25.7 Å². The number of aromatic nitrogens is 4. The Kier molecular flexibility index (Phi) is 6.70. The second kappa shape index (κ2) is 9.60. The summed E-state index contributed by atoms with van der Waals surface area (Å²) >= 11 is 0. The van der Waals surface area contributed by atoms with Crippen LogP contribution in [0.1, 0.15) is 47.3 Å². The van der Waals surface area contributed by atoms with Gasteiger partial charge in [-0.2, -0.15) is 5.26 Å². The number of aryl methyl sites for hydroxylation is 2. The summed E-state index contributed by atoms with van der Waals surface area (Å²) in [6.45, 7) is 5.80. The second-order valence-electron chi connectivity index (χ2n) is 6.74. The Hall–Kier alpha value is -3.80. The number of pyridine rings is 1. The quantitative estimate of drug-likeness (QED) is 0.604. The molecule has 3 aromatic rings. The van der Waals surface area contributed by atoms with Gasteiger partial charge in [-0.25, -0.2) is 0 Å². The van der Waals surface area contributed by atoms with Crippen molar-refractivity contribution < 1.29 is 14.1 Å². The van der Waals surface area contributed by atoms with E-state index in [2.05, 4.69) is 31.7 Å². The number of nitrogens with one attached hydrogen (secondary N) is 1. The van der Waals surface area contributed by atoms with E-state index in [4.69, 9.17) is 14.5 Å². The smallest absolute Gasteiger partial charge is 0.272 e. The molecule has 0 fully saturated rings. The molecule has 0 saturated heterocycles. The lowest BCUT2D eigenvalue weighted by molar-refractivity contribution is 0.0930. The third kappa shape index (κ3) is 4.97. The van der Waals surface area contributed by atoms with Gasteiger partial charge in [0.2, 0.25) is 5.88 Å². The van der Waals surface area contributed by atoms with Gasteiger partial charge in [0.05, 0.1) is 18.1 Å². The lowest BCUT2D eigenvalue weighted by Gasteiger charge is -2.12. The number of carbonyl (C=O) groups is 1. The van der Waals surface area contributed by atoms with Gasteiger partial charge in [-0.15, -0.1) is 10.2 Å². The van der Waals surface area contributed by atoms with Crippen molar-refractivity contribution in [2.24, 2.45) is 0 Å². The first kappa shape index (κ1) is 20.9. The lowest BCUT2D eigenvalue weighted by atomic mass is 10.1. The molecule has 154 valence electrons. The third-order valence-electron chi connectivity index (χ3n) is 4.57. The number of carbonyl (C=O) groups excluding carboxylic acids is 1. The average molecular weight is 406 g/mol. The summed E-state index contributed by atoms with van der Waals surface area (Å²) < 4.78 is 11.0. The van der Waals surface area contributed by atoms with Gasteiger partial charge in [-0.3, -0.25) is 9.78 Å². The van der Waals surface area contributed by atoms with Gasteiger partial charge in [-0.05, 0) is 38.5 Å². The van der Waals surface area contributed by atoms with E-state index < -0.39 is 0 Å². The van der Waals surface area contributed by atoms with Crippen LogP contribution in [0.4, 0.5) is 0 Å². The maximum atomic E-state index is 12.2. The van der Waals surface area contributed by atoms with Crippen molar-refractivity contribution in [1.29, 1.82) is 5.26 Å². The first-order valence-corrected chi connectivity index (χ1v) is 9.54. The van der Waals surface area contributed by atoms with Crippen LogP contribution in [-0.2, 0) is 6.61 Å². The van der Waals surface area contributed by atoms with Crippen LogP contribution in [0.3, 0.4) is 0 Å². The molecule has 9 heteroatoms.